The van der Waals surface area contributed by atoms with E-state index in [0.717, 1.165) is 61.9 Å². The minimum atomic E-state index is 0.647. The monoisotopic (exact) mass is 298 g/mol. The Labute approximate surface area is 130 Å². The van der Waals surface area contributed by atoms with Gasteiger partial charge < -0.3 is 9.64 Å². The number of aryl methyl sites for hydroxylation is 2. The quantitative estimate of drug-likeness (QED) is 0.845. The zero-order valence-corrected chi connectivity index (χ0v) is 13.2. The molecule has 0 N–H and O–H groups in total. The Morgan fingerprint density at radius 2 is 1.86 bits per heavy atom. The molecule has 0 spiro atoms. The molecule has 5 heteroatoms. The first-order valence-corrected chi connectivity index (χ1v) is 8.02. The third-order valence-electron chi connectivity index (χ3n) is 4.74. The van der Waals surface area contributed by atoms with E-state index in [0.29, 0.717) is 6.04 Å². The number of rotatable bonds is 2. The molecule has 0 aliphatic carbocycles. The molecule has 0 saturated carbocycles. The van der Waals surface area contributed by atoms with E-state index < -0.39 is 0 Å². The van der Waals surface area contributed by atoms with E-state index in [4.69, 9.17) is 9.72 Å². The van der Waals surface area contributed by atoms with Gasteiger partial charge in [0.25, 0.3) is 0 Å². The van der Waals surface area contributed by atoms with Gasteiger partial charge in [-0.25, -0.2) is 9.97 Å². The van der Waals surface area contributed by atoms with Gasteiger partial charge in [0, 0.05) is 43.3 Å². The highest BCUT2D eigenvalue weighted by atomic mass is 16.5. The summed E-state index contributed by atoms with van der Waals surface area (Å²) in [6, 6.07) is 7.04. The van der Waals surface area contributed by atoms with Crippen LogP contribution in [-0.2, 0) is 4.74 Å². The lowest BCUT2D eigenvalue weighted by Gasteiger charge is -2.47. The van der Waals surface area contributed by atoms with E-state index in [1.54, 1.807) is 0 Å². The molecule has 0 atom stereocenters. The summed E-state index contributed by atoms with van der Waals surface area (Å²) in [6.07, 6.45) is 0. The lowest BCUT2D eigenvalue weighted by molar-refractivity contribution is 0.0104. The van der Waals surface area contributed by atoms with Crippen molar-refractivity contribution in [2.45, 2.75) is 19.9 Å². The number of pyridine rings is 2. The van der Waals surface area contributed by atoms with Crippen LogP contribution in [0.15, 0.2) is 18.2 Å². The maximum atomic E-state index is 5.42. The SMILES string of the molecule is Cc1cc(C)c2ccc(N3CC(N4CCOCC4)C3)nc2n1. The molecule has 0 unspecified atom stereocenters. The first-order chi connectivity index (χ1) is 10.7. The highest BCUT2D eigenvalue weighted by Gasteiger charge is 2.33. The van der Waals surface area contributed by atoms with Gasteiger partial charge >= 0.3 is 0 Å². The lowest BCUT2D eigenvalue weighted by Crippen LogP contribution is -2.61. The third kappa shape index (κ3) is 2.44. The number of ether oxygens (including phenoxy) is 1. The van der Waals surface area contributed by atoms with Crippen LogP contribution >= 0.6 is 0 Å². The third-order valence-corrected chi connectivity index (χ3v) is 4.74. The van der Waals surface area contributed by atoms with Crippen LogP contribution in [0, 0.1) is 13.8 Å². The van der Waals surface area contributed by atoms with Gasteiger partial charge in [0.15, 0.2) is 5.65 Å². The van der Waals surface area contributed by atoms with Crippen LogP contribution in [-0.4, -0.2) is 60.3 Å². The maximum absolute atomic E-state index is 5.42. The average Bonchev–Trinajstić information content (AvgIpc) is 2.46. The van der Waals surface area contributed by atoms with Crippen LogP contribution in [0.3, 0.4) is 0 Å². The number of hydrogen-bond acceptors (Lipinski definition) is 5. The zero-order valence-electron chi connectivity index (χ0n) is 13.2. The van der Waals surface area contributed by atoms with Gasteiger partial charge in [-0.15, -0.1) is 0 Å². The van der Waals surface area contributed by atoms with Crippen molar-refractivity contribution in [1.29, 1.82) is 0 Å². The van der Waals surface area contributed by atoms with Gasteiger partial charge in [0.05, 0.1) is 13.2 Å². The van der Waals surface area contributed by atoms with E-state index in [9.17, 15) is 0 Å². The molecule has 4 rings (SSSR count). The second kappa shape index (κ2) is 5.48. The summed E-state index contributed by atoms with van der Waals surface area (Å²) in [7, 11) is 0. The van der Waals surface area contributed by atoms with Crippen LogP contribution in [0.25, 0.3) is 11.0 Å². The Kier molecular flexibility index (Phi) is 3.47. The molecule has 4 heterocycles. The van der Waals surface area contributed by atoms with Crippen LogP contribution in [0.5, 0.6) is 0 Å². The highest BCUT2D eigenvalue weighted by Crippen LogP contribution is 2.25. The van der Waals surface area contributed by atoms with Crippen molar-refractivity contribution in [2.24, 2.45) is 0 Å². The largest absolute Gasteiger partial charge is 0.379 e. The summed E-state index contributed by atoms with van der Waals surface area (Å²) in [5.41, 5.74) is 3.14. The summed E-state index contributed by atoms with van der Waals surface area (Å²) < 4.78 is 5.42. The van der Waals surface area contributed by atoms with Gasteiger partial charge in [-0.3, -0.25) is 4.90 Å². The minimum Gasteiger partial charge on any atom is -0.379 e. The Balaban J connectivity index is 1.51. The Morgan fingerprint density at radius 1 is 1.09 bits per heavy atom. The van der Waals surface area contributed by atoms with E-state index in [-0.39, 0.29) is 0 Å². The van der Waals surface area contributed by atoms with Crippen molar-refractivity contribution in [3.8, 4) is 0 Å². The number of morpholine rings is 1. The topological polar surface area (TPSA) is 41.5 Å². The molecule has 2 aromatic rings. The van der Waals surface area contributed by atoms with Crippen LogP contribution in [0.4, 0.5) is 5.82 Å². The van der Waals surface area contributed by atoms with Crippen molar-refractivity contribution in [3.05, 3.63) is 29.5 Å². The molecule has 2 saturated heterocycles. The second-order valence-electron chi connectivity index (χ2n) is 6.33. The molecule has 0 aromatic carbocycles. The summed E-state index contributed by atoms with van der Waals surface area (Å²) in [6.45, 7) is 10.1. The molecule has 0 bridgehead atoms. The number of hydrogen-bond donors (Lipinski definition) is 0. The van der Waals surface area contributed by atoms with E-state index >= 15 is 0 Å². The van der Waals surface area contributed by atoms with E-state index in [2.05, 4.69) is 39.9 Å². The second-order valence-corrected chi connectivity index (χ2v) is 6.33. The molecule has 2 aliphatic rings. The number of fused-ring (bicyclic) bond motifs is 1. The molecular formula is C17H22N4O. The summed E-state index contributed by atoms with van der Waals surface area (Å²) in [5, 5.41) is 1.15. The fourth-order valence-electron chi connectivity index (χ4n) is 3.41. The molecule has 2 aromatic heterocycles. The average molecular weight is 298 g/mol. The predicted molar refractivity (Wildman–Crippen MR) is 87.4 cm³/mol. The molecule has 116 valence electrons. The lowest BCUT2D eigenvalue weighted by atomic mass is 10.1. The zero-order chi connectivity index (χ0) is 15.1. The standard InChI is InChI=1S/C17H22N4O/c1-12-9-13(2)18-17-15(12)3-4-16(19-17)21-10-14(11-21)20-5-7-22-8-6-20/h3-4,9,14H,5-8,10-11H2,1-2H3. The van der Waals surface area contributed by atoms with Gasteiger partial charge in [-0.2, -0.15) is 0 Å². The summed E-state index contributed by atoms with van der Waals surface area (Å²) in [4.78, 5) is 14.2. The maximum Gasteiger partial charge on any atom is 0.162 e. The summed E-state index contributed by atoms with van der Waals surface area (Å²) >= 11 is 0. The molecule has 2 fully saturated rings. The molecule has 0 amide bonds. The normalized spacial score (nSPS) is 20.4. The molecule has 5 nitrogen and oxygen atoms in total. The van der Waals surface area contributed by atoms with Gasteiger partial charge in [0.1, 0.15) is 5.82 Å². The number of aromatic nitrogens is 2. The van der Waals surface area contributed by atoms with Crippen molar-refractivity contribution in [3.63, 3.8) is 0 Å². The highest BCUT2D eigenvalue weighted by molar-refractivity contribution is 5.80. The van der Waals surface area contributed by atoms with Crippen molar-refractivity contribution >= 4 is 16.9 Å². The molecule has 2 aliphatic heterocycles. The Bertz CT molecular complexity index is 690. The van der Waals surface area contributed by atoms with E-state index in [1.165, 1.54) is 5.56 Å². The van der Waals surface area contributed by atoms with Crippen LogP contribution in [0.1, 0.15) is 11.3 Å². The Morgan fingerprint density at radius 3 is 2.64 bits per heavy atom. The van der Waals surface area contributed by atoms with Crippen molar-refractivity contribution in [2.75, 3.05) is 44.3 Å². The summed E-state index contributed by atoms with van der Waals surface area (Å²) in [5.74, 6) is 1.05. The van der Waals surface area contributed by atoms with Crippen molar-refractivity contribution in [1.82, 2.24) is 14.9 Å². The number of nitrogens with zero attached hydrogens (tertiary/aromatic N) is 4. The van der Waals surface area contributed by atoms with Gasteiger partial charge in [-0.05, 0) is 37.6 Å². The molecular weight excluding hydrogens is 276 g/mol. The Hall–Kier alpha value is -1.72. The first-order valence-electron chi connectivity index (χ1n) is 8.02. The minimum absolute atomic E-state index is 0.647. The first kappa shape index (κ1) is 13.9. The van der Waals surface area contributed by atoms with Gasteiger partial charge in [-0.1, -0.05) is 0 Å². The smallest absolute Gasteiger partial charge is 0.162 e. The van der Waals surface area contributed by atoms with E-state index in [1.807, 2.05) is 6.92 Å². The van der Waals surface area contributed by atoms with Crippen LogP contribution in [0.2, 0.25) is 0 Å². The van der Waals surface area contributed by atoms with Gasteiger partial charge in [0.2, 0.25) is 0 Å². The predicted octanol–water partition coefficient (Wildman–Crippen LogP) is 1.77. The fourth-order valence-corrected chi connectivity index (χ4v) is 3.41. The van der Waals surface area contributed by atoms with Crippen molar-refractivity contribution < 1.29 is 4.74 Å². The fraction of sp³-hybridized carbons (Fsp3) is 0.529. The van der Waals surface area contributed by atoms with Crippen LogP contribution < -0.4 is 4.90 Å². The molecule has 0 radical (unpaired) electrons. The molecule has 22 heavy (non-hydrogen) atoms. The number of anilines is 1.